The molecule has 2 aliphatic rings. The fourth-order valence-electron chi connectivity index (χ4n) is 5.77. The second kappa shape index (κ2) is 12.3. The molecule has 2 aromatic carbocycles. The summed E-state index contributed by atoms with van der Waals surface area (Å²) in [4.78, 5) is 42.4. The number of ketones is 2. The third-order valence-electron chi connectivity index (χ3n) is 7.75. The summed E-state index contributed by atoms with van der Waals surface area (Å²) < 4.78 is 34.0. The van der Waals surface area contributed by atoms with E-state index in [0.717, 1.165) is 10.5 Å². The van der Waals surface area contributed by atoms with E-state index in [1.54, 1.807) is 41.3 Å². The van der Waals surface area contributed by atoms with Gasteiger partial charge < -0.3 is 15.3 Å². The highest BCUT2D eigenvalue weighted by Gasteiger charge is 2.56. The zero-order valence-electron chi connectivity index (χ0n) is 23.3. The summed E-state index contributed by atoms with van der Waals surface area (Å²) in [5, 5.41) is 16.3. The lowest BCUT2D eigenvalue weighted by molar-refractivity contribution is -0.646. The maximum Gasteiger partial charge on any atom is 0.323 e. The molecule has 11 nitrogen and oxygen atoms in total. The molecule has 4 aromatic rings. The Morgan fingerprint density at radius 3 is 2.43 bits per heavy atom. The van der Waals surface area contributed by atoms with Crippen molar-refractivity contribution in [1.82, 2.24) is 14.5 Å². The predicted molar refractivity (Wildman–Crippen MR) is 161 cm³/mol. The number of likely N-dealkylation sites (tertiary alicyclic amines) is 1. The minimum absolute atomic E-state index is 0.268. The standard InChI is InChI=1S/C31H28N4O7S2/c36-25(19-32-31(38)21-11-13-23(14-12-21)42-22-7-2-1-3-8-22)30(27-9-6-18-43-27)33-17-15-24-29(33)26(37)20-35(24)44(40,41)28-10-4-5-16-34(28)39/h1-14,16,18,24,29-30H,15,17,19-20H2,(H,32,38). The number of fused-ring (bicyclic) bond motifs is 1. The number of thiophene rings is 1. The number of hydrogen-bond donors (Lipinski definition) is 1. The molecule has 2 saturated heterocycles. The van der Waals surface area contributed by atoms with Gasteiger partial charge >= 0.3 is 15.0 Å². The zero-order valence-corrected chi connectivity index (χ0v) is 24.9. The third kappa shape index (κ3) is 5.74. The fraction of sp³-hybridized carbons (Fsp3) is 0.226. The van der Waals surface area contributed by atoms with Crippen LogP contribution in [0.1, 0.15) is 27.7 Å². The molecule has 0 aliphatic carbocycles. The van der Waals surface area contributed by atoms with Gasteiger partial charge in [0.05, 0.1) is 19.1 Å². The van der Waals surface area contributed by atoms with E-state index in [-0.39, 0.29) is 29.4 Å². The Bertz CT molecular complexity index is 1780. The number of ether oxygens (including phenoxy) is 1. The van der Waals surface area contributed by atoms with Crippen molar-refractivity contribution in [1.29, 1.82) is 0 Å². The molecule has 2 fully saturated rings. The minimum atomic E-state index is -4.26. The SMILES string of the molecule is O=C(NCC(=O)C(c1cccs1)N1CCC2C1C(=O)CN2S(=O)(=O)c1cccc[n+]1[O-])c1ccc(Oc2ccccc2)cc1. The van der Waals surface area contributed by atoms with Gasteiger partial charge in [-0.3, -0.25) is 19.3 Å². The van der Waals surface area contributed by atoms with E-state index < -0.39 is 45.6 Å². The quantitative estimate of drug-likeness (QED) is 0.208. The number of para-hydroxylation sites is 1. The molecule has 3 unspecified atom stereocenters. The van der Waals surface area contributed by atoms with E-state index in [9.17, 15) is 28.0 Å². The molecule has 13 heteroatoms. The predicted octanol–water partition coefficient (Wildman–Crippen LogP) is 2.93. The van der Waals surface area contributed by atoms with Crippen LogP contribution in [0, 0.1) is 5.21 Å². The van der Waals surface area contributed by atoms with Crippen LogP contribution in [0.15, 0.2) is 102 Å². The molecule has 0 bridgehead atoms. The number of nitrogens with zero attached hydrogens (tertiary/aromatic N) is 3. The first kappa shape index (κ1) is 29.6. The van der Waals surface area contributed by atoms with Crippen LogP contribution >= 0.6 is 11.3 Å². The average Bonchev–Trinajstić information content (AvgIpc) is 3.77. The summed E-state index contributed by atoms with van der Waals surface area (Å²) in [5.74, 6) is 0.0898. The van der Waals surface area contributed by atoms with Crippen molar-refractivity contribution >= 4 is 38.8 Å². The number of hydrogen-bond acceptors (Lipinski definition) is 9. The molecule has 1 amide bonds. The van der Waals surface area contributed by atoms with Gasteiger partial charge in [0.15, 0.2) is 17.8 Å². The average molecular weight is 633 g/mol. The molecule has 2 aromatic heterocycles. The molecule has 0 radical (unpaired) electrons. The summed E-state index contributed by atoms with van der Waals surface area (Å²) in [6, 6.07) is 21.0. The molecule has 1 N–H and O–H groups in total. The Balaban J connectivity index is 1.16. The van der Waals surface area contributed by atoms with Crippen LogP contribution in [-0.2, 0) is 19.6 Å². The molecular formula is C31H28N4O7S2. The van der Waals surface area contributed by atoms with Gasteiger partial charge in [-0.2, -0.15) is 9.04 Å². The lowest BCUT2D eigenvalue weighted by Gasteiger charge is -2.30. The van der Waals surface area contributed by atoms with Gasteiger partial charge in [0.25, 0.3) is 5.91 Å². The lowest BCUT2D eigenvalue weighted by Crippen LogP contribution is -2.47. The molecule has 4 heterocycles. The van der Waals surface area contributed by atoms with Crippen molar-refractivity contribution in [2.24, 2.45) is 0 Å². The largest absolute Gasteiger partial charge is 0.618 e. The van der Waals surface area contributed by atoms with Crippen LogP contribution in [0.2, 0.25) is 0 Å². The summed E-state index contributed by atoms with van der Waals surface area (Å²) in [6.45, 7) is -0.409. The number of aromatic nitrogens is 1. The summed E-state index contributed by atoms with van der Waals surface area (Å²) in [7, 11) is -4.26. The minimum Gasteiger partial charge on any atom is -0.618 e. The van der Waals surface area contributed by atoms with E-state index in [0.29, 0.717) is 28.4 Å². The van der Waals surface area contributed by atoms with Gasteiger partial charge in [0.2, 0.25) is 0 Å². The smallest absolute Gasteiger partial charge is 0.323 e. The van der Waals surface area contributed by atoms with Gasteiger partial charge in [-0.25, -0.2) is 8.42 Å². The van der Waals surface area contributed by atoms with Crippen LogP contribution in [-0.4, -0.2) is 66.8 Å². The molecule has 226 valence electrons. The summed E-state index contributed by atoms with van der Waals surface area (Å²) >= 11 is 1.34. The Kier molecular flexibility index (Phi) is 8.27. The van der Waals surface area contributed by atoms with Gasteiger partial charge in [-0.05, 0) is 60.3 Å². The van der Waals surface area contributed by atoms with Crippen molar-refractivity contribution in [3.05, 3.63) is 112 Å². The Labute approximate surface area is 257 Å². The van der Waals surface area contributed by atoms with Crippen LogP contribution in [0.3, 0.4) is 0 Å². The maximum atomic E-state index is 13.7. The number of carbonyl (C=O) groups excluding carboxylic acids is 3. The number of rotatable bonds is 10. The second-order valence-electron chi connectivity index (χ2n) is 10.4. The highest BCUT2D eigenvalue weighted by atomic mass is 32.2. The van der Waals surface area contributed by atoms with Crippen LogP contribution in [0.25, 0.3) is 0 Å². The van der Waals surface area contributed by atoms with Gasteiger partial charge in [0.1, 0.15) is 17.5 Å². The highest BCUT2D eigenvalue weighted by Crippen LogP contribution is 2.39. The number of nitrogens with one attached hydrogen (secondary N) is 1. The topological polar surface area (TPSA) is 140 Å². The number of sulfonamides is 1. The Hall–Kier alpha value is -4.43. The molecular weight excluding hydrogens is 604 g/mol. The van der Waals surface area contributed by atoms with E-state index in [4.69, 9.17) is 4.74 Å². The maximum absolute atomic E-state index is 13.7. The highest BCUT2D eigenvalue weighted by molar-refractivity contribution is 7.89. The summed E-state index contributed by atoms with van der Waals surface area (Å²) in [5.41, 5.74) is 0.343. The number of Topliss-reactive ketones (excluding diaryl/α,β-unsaturated/α-hetero) is 2. The monoisotopic (exact) mass is 632 g/mol. The second-order valence-corrected chi connectivity index (χ2v) is 13.2. The molecule has 3 atom stereocenters. The van der Waals surface area contributed by atoms with Crippen LogP contribution in [0.5, 0.6) is 11.5 Å². The first-order chi connectivity index (χ1) is 21.2. The molecule has 44 heavy (non-hydrogen) atoms. The fourth-order valence-corrected chi connectivity index (χ4v) is 8.29. The number of carbonyl (C=O) groups is 3. The Morgan fingerprint density at radius 1 is 1.00 bits per heavy atom. The first-order valence-corrected chi connectivity index (χ1v) is 16.2. The molecule has 0 saturated carbocycles. The Morgan fingerprint density at radius 2 is 1.73 bits per heavy atom. The van der Waals surface area contributed by atoms with Crippen molar-refractivity contribution in [2.45, 2.75) is 29.6 Å². The van der Waals surface area contributed by atoms with Crippen molar-refractivity contribution < 1.29 is 32.3 Å². The number of benzene rings is 2. The number of pyridine rings is 1. The van der Waals surface area contributed by atoms with Crippen molar-refractivity contribution in [2.75, 3.05) is 19.6 Å². The van der Waals surface area contributed by atoms with Crippen molar-refractivity contribution in [3.8, 4) is 11.5 Å². The normalized spacial score (nSPS) is 19.4. The van der Waals surface area contributed by atoms with Gasteiger partial charge in [-0.15, -0.1) is 11.3 Å². The zero-order chi connectivity index (χ0) is 30.8. The third-order valence-corrected chi connectivity index (χ3v) is 10.5. The van der Waals surface area contributed by atoms with E-state index >= 15 is 0 Å². The molecule has 0 spiro atoms. The van der Waals surface area contributed by atoms with E-state index in [1.165, 1.54) is 29.5 Å². The molecule has 6 rings (SSSR count). The van der Waals surface area contributed by atoms with Crippen molar-refractivity contribution in [3.63, 3.8) is 0 Å². The van der Waals surface area contributed by atoms with Gasteiger partial charge in [-0.1, -0.05) is 24.3 Å². The van der Waals surface area contributed by atoms with E-state index in [2.05, 4.69) is 5.32 Å². The number of amides is 1. The van der Waals surface area contributed by atoms with E-state index in [1.807, 2.05) is 35.7 Å². The van der Waals surface area contributed by atoms with Crippen LogP contribution < -0.4 is 14.8 Å². The van der Waals surface area contributed by atoms with Gasteiger partial charge in [0, 0.05) is 35.2 Å². The molecule has 2 aliphatic heterocycles. The van der Waals surface area contributed by atoms with Crippen LogP contribution in [0.4, 0.5) is 0 Å². The first-order valence-electron chi connectivity index (χ1n) is 13.9. The lowest BCUT2D eigenvalue weighted by atomic mass is 10.0. The summed E-state index contributed by atoms with van der Waals surface area (Å²) in [6.07, 6.45) is 1.40.